The second-order valence-electron chi connectivity index (χ2n) is 8.87. The molecule has 0 saturated carbocycles. The fraction of sp³-hybridized carbons (Fsp3) is 0.214. The number of nitrogens with one attached hydrogen (secondary N) is 2. The number of benzene rings is 3. The summed E-state index contributed by atoms with van der Waals surface area (Å²) in [7, 11) is 1.33. The summed E-state index contributed by atoms with van der Waals surface area (Å²) >= 11 is 0. The van der Waals surface area contributed by atoms with Crippen molar-refractivity contribution in [2.24, 2.45) is 5.92 Å². The van der Waals surface area contributed by atoms with E-state index in [4.69, 9.17) is 10.00 Å². The lowest BCUT2D eigenvalue weighted by molar-refractivity contribution is -0.147. The minimum absolute atomic E-state index is 0.0808. The van der Waals surface area contributed by atoms with Crippen molar-refractivity contribution >= 4 is 29.3 Å². The van der Waals surface area contributed by atoms with Gasteiger partial charge in [-0.15, -0.1) is 0 Å². The van der Waals surface area contributed by atoms with Gasteiger partial charge in [-0.1, -0.05) is 44.2 Å². The maximum absolute atomic E-state index is 13.2. The number of carbonyl (C=O) groups is 3. The summed E-state index contributed by atoms with van der Waals surface area (Å²) in [6.45, 7) is 4.15. The minimum Gasteiger partial charge on any atom is -0.467 e. The summed E-state index contributed by atoms with van der Waals surface area (Å²) in [5, 5.41) is 14.5. The minimum atomic E-state index is -0.641. The van der Waals surface area contributed by atoms with Crippen LogP contribution in [0.3, 0.4) is 0 Å². The van der Waals surface area contributed by atoms with Gasteiger partial charge in [0.15, 0.2) is 0 Å². The Morgan fingerprint density at radius 3 is 2.33 bits per heavy atom. The van der Waals surface area contributed by atoms with E-state index in [0.717, 1.165) is 16.7 Å². The molecule has 1 aliphatic heterocycles. The number of nitrogens with zero attached hydrogens (tertiary/aromatic N) is 2. The number of ether oxygens (including phenoxy) is 1. The van der Waals surface area contributed by atoms with Gasteiger partial charge in [0.05, 0.1) is 18.7 Å². The van der Waals surface area contributed by atoms with E-state index in [1.54, 1.807) is 41.3 Å². The second kappa shape index (κ2) is 10.3. The van der Waals surface area contributed by atoms with Gasteiger partial charge in [-0.3, -0.25) is 4.79 Å². The molecule has 8 heteroatoms. The average Bonchev–Trinajstić information content (AvgIpc) is 3.19. The van der Waals surface area contributed by atoms with Crippen molar-refractivity contribution in [3.05, 3.63) is 83.4 Å². The maximum atomic E-state index is 13.2. The Bertz CT molecular complexity index is 1360. The summed E-state index contributed by atoms with van der Waals surface area (Å²) in [6.07, 6.45) is 0. The lowest BCUT2D eigenvalue weighted by atomic mass is 10.00. The van der Waals surface area contributed by atoms with E-state index in [2.05, 4.69) is 10.6 Å². The number of nitriles is 1. The Balaban J connectivity index is 1.46. The molecule has 3 amide bonds. The first-order valence-electron chi connectivity index (χ1n) is 11.5. The van der Waals surface area contributed by atoms with Crippen LogP contribution >= 0.6 is 0 Å². The Morgan fingerprint density at radius 1 is 0.972 bits per heavy atom. The Morgan fingerprint density at radius 2 is 1.67 bits per heavy atom. The topological polar surface area (TPSA) is 112 Å². The Hall–Kier alpha value is -4.64. The zero-order chi connectivity index (χ0) is 25.8. The van der Waals surface area contributed by atoms with Gasteiger partial charge in [-0.2, -0.15) is 5.26 Å². The van der Waals surface area contributed by atoms with Crippen LogP contribution in [0.1, 0.15) is 35.3 Å². The van der Waals surface area contributed by atoms with Crippen LogP contribution in [0.2, 0.25) is 0 Å². The molecule has 0 fully saturated rings. The molecule has 2 N–H and O–H groups in total. The van der Waals surface area contributed by atoms with E-state index in [0.29, 0.717) is 29.0 Å². The van der Waals surface area contributed by atoms with Crippen LogP contribution in [0, 0.1) is 17.2 Å². The average molecular weight is 483 g/mol. The summed E-state index contributed by atoms with van der Waals surface area (Å²) in [5.41, 5.74) is 4.74. The van der Waals surface area contributed by atoms with Gasteiger partial charge in [0.2, 0.25) is 0 Å². The van der Waals surface area contributed by atoms with Gasteiger partial charge in [-0.25, -0.2) is 9.59 Å². The normalized spacial score (nSPS) is 13.1. The number of rotatable bonds is 6. The highest BCUT2D eigenvalue weighted by molar-refractivity contribution is 6.02. The van der Waals surface area contributed by atoms with E-state index in [1.807, 2.05) is 50.2 Å². The van der Waals surface area contributed by atoms with Crippen molar-refractivity contribution in [2.75, 3.05) is 17.7 Å². The van der Waals surface area contributed by atoms with E-state index in [9.17, 15) is 14.4 Å². The highest BCUT2D eigenvalue weighted by Gasteiger charge is 2.38. The third-order valence-electron chi connectivity index (χ3n) is 6.08. The van der Waals surface area contributed by atoms with Crippen LogP contribution in [0.4, 0.5) is 16.2 Å². The third kappa shape index (κ3) is 5.05. The molecule has 36 heavy (non-hydrogen) atoms. The standard InChI is InChI=1S/C28H26N4O4/c1-17(2)25(27(34)36-3)32-16-21-8-7-20(14-24(21)26(32)33)19-9-11-22(12-10-19)30-28(35)31-23-6-4-5-18(13-23)15-29/h4-14,17,25H,16H2,1-3H3,(H2,30,31,35). The quantitative estimate of drug-likeness (QED) is 0.479. The number of anilines is 2. The largest absolute Gasteiger partial charge is 0.467 e. The molecule has 0 aliphatic carbocycles. The van der Waals surface area contributed by atoms with E-state index in [1.165, 1.54) is 7.11 Å². The van der Waals surface area contributed by atoms with E-state index in [-0.39, 0.29) is 11.8 Å². The molecular weight excluding hydrogens is 456 g/mol. The van der Waals surface area contributed by atoms with Crippen molar-refractivity contribution in [3.63, 3.8) is 0 Å². The van der Waals surface area contributed by atoms with Gasteiger partial charge in [0.1, 0.15) is 6.04 Å². The van der Waals surface area contributed by atoms with Crippen LogP contribution in [-0.2, 0) is 16.1 Å². The molecule has 0 bridgehead atoms. The van der Waals surface area contributed by atoms with Gasteiger partial charge < -0.3 is 20.3 Å². The zero-order valence-corrected chi connectivity index (χ0v) is 20.2. The first kappa shape index (κ1) is 24.5. The smallest absolute Gasteiger partial charge is 0.328 e. The number of urea groups is 1. The highest BCUT2D eigenvalue weighted by Crippen LogP contribution is 2.32. The van der Waals surface area contributed by atoms with Crippen molar-refractivity contribution in [3.8, 4) is 17.2 Å². The van der Waals surface area contributed by atoms with Gasteiger partial charge in [0.25, 0.3) is 5.91 Å². The molecule has 0 spiro atoms. The van der Waals surface area contributed by atoms with Crippen molar-refractivity contribution in [2.45, 2.75) is 26.4 Å². The highest BCUT2D eigenvalue weighted by atomic mass is 16.5. The first-order valence-corrected chi connectivity index (χ1v) is 11.5. The van der Waals surface area contributed by atoms with Crippen LogP contribution in [-0.4, -0.2) is 36.0 Å². The fourth-order valence-corrected chi connectivity index (χ4v) is 4.31. The molecule has 0 aromatic heterocycles. The number of esters is 1. The van der Waals surface area contributed by atoms with Crippen LogP contribution < -0.4 is 10.6 Å². The van der Waals surface area contributed by atoms with Crippen molar-refractivity contribution < 1.29 is 19.1 Å². The summed E-state index contributed by atoms with van der Waals surface area (Å²) in [5.74, 6) is -0.689. The number of fused-ring (bicyclic) bond motifs is 1. The van der Waals surface area contributed by atoms with Crippen molar-refractivity contribution in [1.82, 2.24) is 4.90 Å². The molecule has 0 saturated heterocycles. The molecule has 1 atom stereocenters. The lowest BCUT2D eigenvalue weighted by Crippen LogP contribution is -2.45. The van der Waals surface area contributed by atoms with Gasteiger partial charge in [0, 0.05) is 23.5 Å². The molecule has 3 aromatic carbocycles. The fourth-order valence-electron chi connectivity index (χ4n) is 4.31. The van der Waals surface area contributed by atoms with Crippen LogP contribution in [0.15, 0.2) is 66.7 Å². The number of methoxy groups -OCH3 is 1. The summed E-state index contributed by atoms with van der Waals surface area (Å²) < 4.78 is 4.93. The molecule has 3 aromatic rings. The molecule has 1 unspecified atom stereocenters. The number of amides is 3. The maximum Gasteiger partial charge on any atom is 0.328 e. The number of hydrogen-bond acceptors (Lipinski definition) is 5. The Kier molecular flexibility index (Phi) is 7.02. The zero-order valence-electron chi connectivity index (χ0n) is 20.2. The SMILES string of the molecule is COC(=O)C(C(C)C)N1Cc2ccc(-c3ccc(NC(=O)Nc4cccc(C#N)c4)cc3)cc2C1=O. The van der Waals surface area contributed by atoms with Gasteiger partial charge in [-0.05, 0) is 59.0 Å². The van der Waals surface area contributed by atoms with E-state index < -0.39 is 18.0 Å². The molecule has 0 radical (unpaired) electrons. The Labute approximate surface area is 209 Å². The monoisotopic (exact) mass is 482 g/mol. The molecule has 1 heterocycles. The second-order valence-corrected chi connectivity index (χ2v) is 8.87. The van der Waals surface area contributed by atoms with Crippen LogP contribution in [0.25, 0.3) is 11.1 Å². The molecule has 182 valence electrons. The predicted octanol–water partition coefficient (Wildman–Crippen LogP) is 5.02. The lowest BCUT2D eigenvalue weighted by Gasteiger charge is -2.28. The summed E-state index contributed by atoms with van der Waals surface area (Å²) in [6, 6.07) is 20.6. The van der Waals surface area contributed by atoms with Gasteiger partial charge >= 0.3 is 12.0 Å². The number of carbonyl (C=O) groups excluding carboxylic acids is 3. The summed E-state index contributed by atoms with van der Waals surface area (Å²) in [4.78, 5) is 39.4. The van der Waals surface area contributed by atoms with Crippen molar-refractivity contribution in [1.29, 1.82) is 5.26 Å². The third-order valence-corrected chi connectivity index (χ3v) is 6.08. The molecule has 4 rings (SSSR count). The molecule has 1 aliphatic rings. The predicted molar refractivity (Wildman–Crippen MR) is 136 cm³/mol. The van der Waals surface area contributed by atoms with E-state index >= 15 is 0 Å². The molecular formula is C28H26N4O4. The number of hydrogen-bond donors (Lipinski definition) is 2. The molecule has 8 nitrogen and oxygen atoms in total. The van der Waals surface area contributed by atoms with Crippen LogP contribution in [0.5, 0.6) is 0 Å². The first-order chi connectivity index (χ1) is 17.3.